The zero-order valence-electron chi connectivity index (χ0n) is 12.5. The van der Waals surface area contributed by atoms with E-state index in [1.54, 1.807) is 0 Å². The van der Waals surface area contributed by atoms with Crippen molar-refractivity contribution in [3.63, 3.8) is 0 Å². The minimum Gasteiger partial charge on any atom is -0.494 e. The third-order valence-corrected chi connectivity index (χ3v) is 3.52. The molecule has 0 amide bonds. The summed E-state index contributed by atoms with van der Waals surface area (Å²) in [6.07, 6.45) is 2.86. The summed E-state index contributed by atoms with van der Waals surface area (Å²) in [6, 6.07) is 8.00. The molecule has 1 aromatic carbocycles. The monoisotopic (exact) mass is 273 g/mol. The van der Waals surface area contributed by atoms with Crippen molar-refractivity contribution in [2.75, 3.05) is 6.61 Å². The molecule has 0 fully saturated rings. The predicted molar refractivity (Wildman–Crippen MR) is 80.9 cm³/mol. The van der Waals surface area contributed by atoms with Crippen molar-refractivity contribution in [2.24, 2.45) is 5.73 Å². The van der Waals surface area contributed by atoms with Gasteiger partial charge in [0.1, 0.15) is 5.75 Å². The molecule has 1 unspecified atom stereocenters. The average molecular weight is 273 g/mol. The summed E-state index contributed by atoms with van der Waals surface area (Å²) in [4.78, 5) is 4.30. The van der Waals surface area contributed by atoms with Gasteiger partial charge in [0.05, 0.1) is 18.6 Å². The van der Waals surface area contributed by atoms with Gasteiger partial charge < -0.3 is 15.0 Å². The lowest BCUT2D eigenvalue weighted by Crippen LogP contribution is -2.18. The first-order valence-corrected chi connectivity index (χ1v) is 7.08. The zero-order chi connectivity index (χ0) is 14.5. The van der Waals surface area contributed by atoms with Crippen LogP contribution in [0.15, 0.2) is 30.6 Å². The number of hydrogen-bond donors (Lipinski definition) is 1. The van der Waals surface area contributed by atoms with E-state index in [0.717, 1.165) is 36.6 Å². The van der Waals surface area contributed by atoms with Crippen LogP contribution in [0.5, 0.6) is 5.75 Å². The summed E-state index contributed by atoms with van der Waals surface area (Å²) in [5, 5.41) is 0. The van der Waals surface area contributed by atoms with Crippen molar-refractivity contribution in [3.8, 4) is 5.75 Å². The number of nitrogens with zero attached hydrogens (tertiary/aromatic N) is 2. The fraction of sp³-hybridized carbons (Fsp3) is 0.438. The molecule has 20 heavy (non-hydrogen) atoms. The largest absolute Gasteiger partial charge is 0.494 e. The number of aromatic nitrogens is 2. The number of ether oxygens (including phenoxy) is 1. The van der Waals surface area contributed by atoms with Crippen LogP contribution in [0.25, 0.3) is 0 Å². The normalized spacial score (nSPS) is 12.4. The molecular weight excluding hydrogens is 250 g/mol. The average Bonchev–Trinajstić information content (AvgIpc) is 2.77. The van der Waals surface area contributed by atoms with Gasteiger partial charge in [0.2, 0.25) is 0 Å². The Hall–Kier alpha value is -1.81. The van der Waals surface area contributed by atoms with Gasteiger partial charge in [-0.2, -0.15) is 0 Å². The third-order valence-electron chi connectivity index (χ3n) is 3.52. The van der Waals surface area contributed by atoms with E-state index in [9.17, 15) is 0 Å². The minimum absolute atomic E-state index is 0.0393. The second-order valence-corrected chi connectivity index (χ2v) is 5.09. The van der Waals surface area contributed by atoms with Crippen molar-refractivity contribution in [1.82, 2.24) is 9.55 Å². The third kappa shape index (κ3) is 3.39. The summed E-state index contributed by atoms with van der Waals surface area (Å²) in [6.45, 7) is 7.66. The van der Waals surface area contributed by atoms with Crippen LogP contribution in [0.2, 0.25) is 0 Å². The van der Waals surface area contributed by atoms with E-state index >= 15 is 0 Å². The van der Waals surface area contributed by atoms with E-state index in [-0.39, 0.29) is 6.04 Å². The molecule has 0 bridgehead atoms. The Morgan fingerprint density at radius 1 is 1.25 bits per heavy atom. The molecule has 1 aromatic heterocycles. The van der Waals surface area contributed by atoms with Gasteiger partial charge in [0.25, 0.3) is 0 Å². The lowest BCUT2D eigenvalue weighted by molar-refractivity contribution is 0.317. The first kappa shape index (κ1) is 14.6. The molecule has 1 heterocycles. The maximum Gasteiger partial charge on any atom is 0.119 e. The lowest BCUT2D eigenvalue weighted by atomic mass is 10.1. The van der Waals surface area contributed by atoms with Gasteiger partial charge in [-0.3, -0.25) is 0 Å². The van der Waals surface area contributed by atoms with Gasteiger partial charge >= 0.3 is 0 Å². The molecule has 1 atom stereocenters. The van der Waals surface area contributed by atoms with Gasteiger partial charge in [-0.05, 0) is 38.0 Å². The highest BCUT2D eigenvalue weighted by molar-refractivity contribution is 5.29. The molecule has 4 nitrogen and oxygen atoms in total. The van der Waals surface area contributed by atoms with Gasteiger partial charge in [0, 0.05) is 18.3 Å². The van der Waals surface area contributed by atoms with E-state index in [4.69, 9.17) is 10.5 Å². The molecule has 2 aromatic rings. The van der Waals surface area contributed by atoms with E-state index in [0.29, 0.717) is 0 Å². The molecule has 0 aliphatic heterocycles. The number of rotatable bonds is 6. The quantitative estimate of drug-likeness (QED) is 0.880. The van der Waals surface area contributed by atoms with Crippen molar-refractivity contribution in [2.45, 2.75) is 39.8 Å². The van der Waals surface area contributed by atoms with Crippen LogP contribution in [0, 0.1) is 13.8 Å². The molecule has 108 valence electrons. The summed E-state index contributed by atoms with van der Waals surface area (Å²) in [7, 11) is 0. The Kier molecular flexibility index (Phi) is 4.79. The standard InChI is InChI=1S/C16H23N3O/c1-4-9-20-15-7-5-14(6-8-15)16(17)10-19-11-18-12(2)13(19)3/h5-8,11,16H,4,9-10,17H2,1-3H3. The number of benzene rings is 1. The van der Waals surface area contributed by atoms with Crippen LogP contribution in [0.4, 0.5) is 0 Å². The van der Waals surface area contributed by atoms with Gasteiger partial charge in [0.15, 0.2) is 0 Å². The highest BCUT2D eigenvalue weighted by atomic mass is 16.5. The van der Waals surface area contributed by atoms with Gasteiger partial charge in [-0.1, -0.05) is 19.1 Å². The van der Waals surface area contributed by atoms with Crippen LogP contribution in [0.1, 0.15) is 36.3 Å². The first-order valence-electron chi connectivity index (χ1n) is 7.08. The summed E-state index contributed by atoms with van der Waals surface area (Å²) in [5.74, 6) is 0.900. The molecule has 0 saturated heterocycles. The summed E-state index contributed by atoms with van der Waals surface area (Å²) < 4.78 is 7.67. The topological polar surface area (TPSA) is 53.1 Å². The summed E-state index contributed by atoms with van der Waals surface area (Å²) >= 11 is 0. The number of hydrogen-bond acceptors (Lipinski definition) is 3. The Morgan fingerprint density at radius 3 is 2.50 bits per heavy atom. The Labute approximate surface area is 120 Å². The van der Waals surface area contributed by atoms with Crippen LogP contribution in [-0.2, 0) is 6.54 Å². The molecular formula is C16H23N3O. The van der Waals surface area contributed by atoms with Crippen LogP contribution in [0.3, 0.4) is 0 Å². The molecule has 4 heteroatoms. The summed E-state index contributed by atoms with van der Waals surface area (Å²) in [5.41, 5.74) is 9.60. The molecule has 0 radical (unpaired) electrons. The molecule has 2 N–H and O–H groups in total. The van der Waals surface area contributed by atoms with Crippen molar-refractivity contribution >= 4 is 0 Å². The first-order chi connectivity index (χ1) is 9.61. The molecule has 0 aliphatic carbocycles. The predicted octanol–water partition coefficient (Wildman–Crippen LogP) is 2.99. The van der Waals surface area contributed by atoms with E-state index in [1.165, 1.54) is 5.69 Å². The van der Waals surface area contributed by atoms with Gasteiger partial charge in [-0.25, -0.2) is 4.98 Å². The number of nitrogens with two attached hydrogens (primary N) is 1. The maximum atomic E-state index is 6.27. The highest BCUT2D eigenvalue weighted by Crippen LogP contribution is 2.19. The van der Waals surface area contributed by atoms with Crippen LogP contribution in [-0.4, -0.2) is 16.2 Å². The number of aryl methyl sites for hydroxylation is 1. The Bertz CT molecular complexity index is 545. The van der Waals surface area contributed by atoms with Gasteiger partial charge in [-0.15, -0.1) is 0 Å². The smallest absolute Gasteiger partial charge is 0.119 e. The Balaban J connectivity index is 2.02. The minimum atomic E-state index is -0.0393. The van der Waals surface area contributed by atoms with Crippen molar-refractivity contribution < 1.29 is 4.74 Å². The van der Waals surface area contributed by atoms with Crippen LogP contribution < -0.4 is 10.5 Å². The maximum absolute atomic E-state index is 6.27. The van der Waals surface area contributed by atoms with E-state index < -0.39 is 0 Å². The van der Waals surface area contributed by atoms with Crippen LogP contribution >= 0.6 is 0 Å². The molecule has 2 rings (SSSR count). The fourth-order valence-electron chi connectivity index (χ4n) is 2.08. The second kappa shape index (κ2) is 6.57. The Morgan fingerprint density at radius 2 is 1.95 bits per heavy atom. The highest BCUT2D eigenvalue weighted by Gasteiger charge is 2.10. The van der Waals surface area contributed by atoms with Crippen molar-refractivity contribution in [3.05, 3.63) is 47.5 Å². The SMILES string of the molecule is CCCOc1ccc(C(N)Cn2cnc(C)c2C)cc1. The molecule has 0 saturated carbocycles. The fourth-order valence-corrected chi connectivity index (χ4v) is 2.08. The second-order valence-electron chi connectivity index (χ2n) is 5.09. The molecule has 0 spiro atoms. The number of imidazole rings is 1. The zero-order valence-corrected chi connectivity index (χ0v) is 12.5. The molecule has 0 aliphatic rings. The van der Waals surface area contributed by atoms with E-state index in [1.807, 2.05) is 37.5 Å². The van der Waals surface area contributed by atoms with E-state index in [2.05, 4.69) is 23.4 Å². The van der Waals surface area contributed by atoms with Crippen molar-refractivity contribution in [1.29, 1.82) is 0 Å². The lowest BCUT2D eigenvalue weighted by Gasteiger charge is -2.15.